The Morgan fingerprint density at radius 3 is 2.20 bits per heavy atom. The first kappa shape index (κ1) is 19.6. The van der Waals surface area contributed by atoms with Crippen LogP contribution in [0.5, 0.6) is 5.75 Å². The van der Waals surface area contributed by atoms with Crippen molar-refractivity contribution in [3.05, 3.63) is 40.9 Å². The summed E-state index contributed by atoms with van der Waals surface area (Å²) in [5.41, 5.74) is 9.86. The van der Waals surface area contributed by atoms with E-state index in [1.807, 2.05) is 36.4 Å². The van der Waals surface area contributed by atoms with Gasteiger partial charge in [0.2, 0.25) is 0 Å². The van der Waals surface area contributed by atoms with Crippen LogP contribution in [0.15, 0.2) is 40.9 Å². The van der Waals surface area contributed by atoms with Gasteiger partial charge in [-0.05, 0) is 36.4 Å². The molecule has 0 saturated heterocycles. The maximum atomic E-state index is 6.07. The highest BCUT2D eigenvalue weighted by Gasteiger charge is 2.16. The number of anilines is 2. The fourth-order valence-electron chi connectivity index (χ4n) is 2.69. The fraction of sp³-hybridized carbons (Fsp3) is 0.368. The number of rotatable bonds is 9. The second kappa shape index (κ2) is 9.65. The molecule has 0 heterocycles. The van der Waals surface area contributed by atoms with E-state index >= 15 is 0 Å². The van der Waals surface area contributed by atoms with Gasteiger partial charge in [0.15, 0.2) is 0 Å². The van der Waals surface area contributed by atoms with E-state index in [0.29, 0.717) is 18.9 Å². The second-order valence-electron chi connectivity index (χ2n) is 5.59. The quantitative estimate of drug-likeness (QED) is 0.639. The van der Waals surface area contributed by atoms with Gasteiger partial charge in [0.05, 0.1) is 20.3 Å². The molecule has 25 heavy (non-hydrogen) atoms. The molecule has 0 aliphatic carbocycles. The lowest BCUT2D eigenvalue weighted by Gasteiger charge is -2.27. The van der Waals surface area contributed by atoms with Crippen LogP contribution in [0.1, 0.15) is 0 Å². The lowest BCUT2D eigenvalue weighted by Crippen LogP contribution is -2.31. The molecular formula is C19H25BrN2O3. The summed E-state index contributed by atoms with van der Waals surface area (Å²) in [5.74, 6) is 0.800. The largest absolute Gasteiger partial charge is 0.496 e. The molecule has 0 spiro atoms. The van der Waals surface area contributed by atoms with Crippen LogP contribution in [-0.4, -0.2) is 47.6 Å². The highest BCUT2D eigenvalue weighted by atomic mass is 79.9. The molecule has 0 atom stereocenters. The van der Waals surface area contributed by atoms with Gasteiger partial charge in [0.25, 0.3) is 0 Å². The van der Waals surface area contributed by atoms with Gasteiger partial charge in [-0.3, -0.25) is 0 Å². The Hall–Kier alpha value is -1.76. The summed E-state index contributed by atoms with van der Waals surface area (Å²) in [4.78, 5) is 2.24. The lowest BCUT2D eigenvalue weighted by molar-refractivity contribution is 0.190. The Morgan fingerprint density at radius 1 is 0.920 bits per heavy atom. The number of hydrogen-bond acceptors (Lipinski definition) is 5. The minimum absolute atomic E-state index is 0.628. The van der Waals surface area contributed by atoms with Gasteiger partial charge >= 0.3 is 0 Å². The number of nitrogen functional groups attached to an aromatic ring is 1. The molecule has 2 N–H and O–H groups in total. The number of methoxy groups -OCH3 is 3. The minimum Gasteiger partial charge on any atom is -0.496 e. The molecule has 0 aromatic heterocycles. The normalized spacial score (nSPS) is 10.7. The van der Waals surface area contributed by atoms with Crippen molar-refractivity contribution in [3.8, 4) is 16.9 Å². The van der Waals surface area contributed by atoms with Gasteiger partial charge in [0, 0.05) is 54.3 Å². The van der Waals surface area contributed by atoms with E-state index in [1.54, 1.807) is 21.3 Å². The van der Waals surface area contributed by atoms with E-state index in [9.17, 15) is 0 Å². The molecule has 0 radical (unpaired) electrons. The van der Waals surface area contributed by atoms with E-state index in [0.717, 1.165) is 40.1 Å². The summed E-state index contributed by atoms with van der Waals surface area (Å²) in [6.45, 7) is 2.77. The Kier molecular flexibility index (Phi) is 7.55. The van der Waals surface area contributed by atoms with Gasteiger partial charge in [-0.2, -0.15) is 0 Å². The van der Waals surface area contributed by atoms with E-state index in [4.69, 9.17) is 19.9 Å². The zero-order valence-corrected chi connectivity index (χ0v) is 16.5. The van der Waals surface area contributed by atoms with Crippen LogP contribution in [0.3, 0.4) is 0 Å². The predicted molar refractivity (Wildman–Crippen MR) is 107 cm³/mol. The molecule has 2 rings (SSSR count). The Balaban J connectivity index is 2.54. The predicted octanol–water partition coefficient (Wildman–Crippen LogP) is 3.81. The first-order valence-electron chi connectivity index (χ1n) is 8.07. The van der Waals surface area contributed by atoms with Crippen molar-refractivity contribution in [2.24, 2.45) is 0 Å². The van der Waals surface area contributed by atoms with Gasteiger partial charge in [0.1, 0.15) is 5.75 Å². The summed E-state index contributed by atoms with van der Waals surface area (Å²) in [7, 11) is 5.08. The minimum atomic E-state index is 0.628. The highest BCUT2D eigenvalue weighted by Crippen LogP contribution is 2.39. The molecule has 0 aliphatic heterocycles. The van der Waals surface area contributed by atoms with Crippen LogP contribution >= 0.6 is 15.9 Å². The average Bonchev–Trinajstić information content (AvgIpc) is 2.62. The van der Waals surface area contributed by atoms with Gasteiger partial charge < -0.3 is 24.8 Å². The summed E-state index contributed by atoms with van der Waals surface area (Å²) in [5, 5.41) is 0. The van der Waals surface area contributed by atoms with Crippen LogP contribution in [0.2, 0.25) is 0 Å². The molecule has 0 amide bonds. The Labute approximate surface area is 157 Å². The lowest BCUT2D eigenvalue weighted by atomic mass is 10.0. The molecule has 2 aromatic carbocycles. The van der Waals surface area contributed by atoms with E-state index in [-0.39, 0.29) is 0 Å². The maximum absolute atomic E-state index is 6.07. The Bertz CT molecular complexity index is 686. The van der Waals surface area contributed by atoms with Crippen molar-refractivity contribution >= 4 is 27.3 Å². The standard InChI is InChI=1S/C19H25BrN2O3/c1-23-10-8-22(9-11-24-2)18-6-5-15(21)13-16(18)17-12-14(20)4-7-19(17)25-3/h4-7,12-13H,8-11,21H2,1-3H3. The van der Waals surface area contributed by atoms with Crippen LogP contribution in [0, 0.1) is 0 Å². The molecule has 6 heteroatoms. The van der Waals surface area contributed by atoms with Crippen LogP contribution < -0.4 is 15.4 Å². The number of ether oxygens (including phenoxy) is 3. The summed E-state index contributed by atoms with van der Waals surface area (Å²) in [6.07, 6.45) is 0. The van der Waals surface area contributed by atoms with Gasteiger partial charge in [-0.25, -0.2) is 0 Å². The van der Waals surface area contributed by atoms with E-state index in [1.165, 1.54) is 0 Å². The summed E-state index contributed by atoms with van der Waals surface area (Å²) < 4.78 is 17.1. The van der Waals surface area contributed by atoms with Crippen molar-refractivity contribution in [1.82, 2.24) is 0 Å². The number of nitrogens with zero attached hydrogens (tertiary/aromatic N) is 1. The van der Waals surface area contributed by atoms with Crippen LogP contribution in [-0.2, 0) is 9.47 Å². The molecule has 0 unspecified atom stereocenters. The molecule has 2 aromatic rings. The summed E-state index contributed by atoms with van der Waals surface area (Å²) in [6, 6.07) is 11.9. The van der Waals surface area contributed by atoms with Gasteiger partial charge in [-0.1, -0.05) is 15.9 Å². The smallest absolute Gasteiger partial charge is 0.126 e. The van der Waals surface area contributed by atoms with Crippen molar-refractivity contribution in [3.63, 3.8) is 0 Å². The zero-order chi connectivity index (χ0) is 18.2. The average molecular weight is 409 g/mol. The molecular weight excluding hydrogens is 384 g/mol. The molecule has 136 valence electrons. The number of hydrogen-bond donors (Lipinski definition) is 1. The number of nitrogens with two attached hydrogens (primary N) is 1. The SMILES string of the molecule is COCCN(CCOC)c1ccc(N)cc1-c1cc(Br)ccc1OC. The van der Waals surface area contributed by atoms with Crippen molar-refractivity contribution in [2.45, 2.75) is 0 Å². The zero-order valence-electron chi connectivity index (χ0n) is 14.9. The van der Waals surface area contributed by atoms with E-state index in [2.05, 4.69) is 20.8 Å². The monoisotopic (exact) mass is 408 g/mol. The molecule has 0 aliphatic rings. The molecule has 5 nitrogen and oxygen atoms in total. The maximum Gasteiger partial charge on any atom is 0.126 e. The fourth-order valence-corrected chi connectivity index (χ4v) is 3.05. The third-order valence-corrected chi connectivity index (χ3v) is 4.44. The third-order valence-electron chi connectivity index (χ3n) is 3.94. The molecule has 0 fully saturated rings. The topological polar surface area (TPSA) is 57.0 Å². The number of halogens is 1. The first-order chi connectivity index (χ1) is 12.1. The first-order valence-corrected chi connectivity index (χ1v) is 8.86. The van der Waals surface area contributed by atoms with E-state index < -0.39 is 0 Å². The van der Waals surface area contributed by atoms with Crippen molar-refractivity contribution < 1.29 is 14.2 Å². The number of benzene rings is 2. The van der Waals surface area contributed by atoms with Crippen LogP contribution in [0.4, 0.5) is 11.4 Å². The van der Waals surface area contributed by atoms with Crippen molar-refractivity contribution in [2.75, 3.05) is 58.3 Å². The summed E-state index contributed by atoms with van der Waals surface area (Å²) >= 11 is 3.55. The third kappa shape index (κ3) is 5.11. The second-order valence-corrected chi connectivity index (χ2v) is 6.51. The van der Waals surface area contributed by atoms with Crippen LogP contribution in [0.25, 0.3) is 11.1 Å². The molecule has 0 bridgehead atoms. The Morgan fingerprint density at radius 2 is 1.60 bits per heavy atom. The highest BCUT2D eigenvalue weighted by molar-refractivity contribution is 9.10. The van der Waals surface area contributed by atoms with Crippen molar-refractivity contribution in [1.29, 1.82) is 0 Å². The molecule has 0 saturated carbocycles. The van der Waals surface area contributed by atoms with Gasteiger partial charge in [-0.15, -0.1) is 0 Å².